The van der Waals surface area contributed by atoms with Crippen molar-refractivity contribution in [3.63, 3.8) is 0 Å². The van der Waals surface area contributed by atoms with Crippen LogP contribution in [0.15, 0.2) is 12.1 Å². The Morgan fingerprint density at radius 3 is 2.87 bits per heavy atom. The number of halogens is 1. The van der Waals surface area contributed by atoms with Gasteiger partial charge in [0, 0.05) is 12.0 Å². The lowest BCUT2D eigenvalue weighted by molar-refractivity contribution is -0.695. The Kier molecular flexibility index (Phi) is 3.83. The van der Waals surface area contributed by atoms with Crippen LogP contribution in [0.2, 0.25) is 0 Å². The van der Waals surface area contributed by atoms with Gasteiger partial charge in [-0.25, -0.2) is 0 Å². The third kappa shape index (κ3) is 2.19. The highest BCUT2D eigenvalue weighted by Crippen LogP contribution is 2.32. The van der Waals surface area contributed by atoms with Crippen LogP contribution in [0.3, 0.4) is 0 Å². The van der Waals surface area contributed by atoms with Gasteiger partial charge in [-0.3, -0.25) is 0 Å². The molecular formula is C11H16ClNO2. The molecule has 84 valence electrons. The molecule has 0 amide bonds. The average molecular weight is 230 g/mol. The maximum atomic E-state index is 9.65. The normalized spacial score (nSPS) is 18.9. The van der Waals surface area contributed by atoms with Crippen molar-refractivity contribution in [2.45, 2.75) is 19.4 Å². The fraction of sp³-hybridized carbons (Fsp3) is 0.455. The smallest absolute Gasteiger partial charge is 0.160 e. The molecule has 1 aromatic rings. The molecule has 0 bridgehead atoms. The van der Waals surface area contributed by atoms with Gasteiger partial charge in [-0.05, 0) is 24.6 Å². The van der Waals surface area contributed by atoms with Crippen molar-refractivity contribution < 1.29 is 27.6 Å². The highest BCUT2D eigenvalue weighted by atomic mass is 35.5. The molecule has 0 aliphatic carbocycles. The van der Waals surface area contributed by atoms with Crippen molar-refractivity contribution in [3.8, 4) is 11.5 Å². The predicted octanol–water partition coefficient (Wildman–Crippen LogP) is -2.41. The van der Waals surface area contributed by atoms with Gasteiger partial charge < -0.3 is 27.6 Å². The van der Waals surface area contributed by atoms with Gasteiger partial charge in [0.1, 0.15) is 6.04 Å². The second kappa shape index (κ2) is 4.73. The zero-order valence-electron chi connectivity index (χ0n) is 8.96. The van der Waals surface area contributed by atoms with Gasteiger partial charge in [0.2, 0.25) is 0 Å². The summed E-state index contributed by atoms with van der Waals surface area (Å²) in [6, 6.07) is 4.22. The lowest BCUT2D eigenvalue weighted by atomic mass is 9.95. The summed E-state index contributed by atoms with van der Waals surface area (Å²) in [5, 5.41) is 11.9. The van der Waals surface area contributed by atoms with Gasteiger partial charge >= 0.3 is 0 Å². The summed E-state index contributed by atoms with van der Waals surface area (Å²) in [7, 11) is 1.58. The Morgan fingerprint density at radius 2 is 2.20 bits per heavy atom. The average Bonchev–Trinajstić information content (AvgIpc) is 2.19. The van der Waals surface area contributed by atoms with E-state index in [1.807, 2.05) is 12.1 Å². The summed E-state index contributed by atoms with van der Waals surface area (Å²) in [4.78, 5) is 0. The molecular weight excluding hydrogens is 214 g/mol. The largest absolute Gasteiger partial charge is 1.00 e. The van der Waals surface area contributed by atoms with Crippen LogP contribution in [0.25, 0.3) is 0 Å². The number of aromatic hydroxyl groups is 1. The van der Waals surface area contributed by atoms with Gasteiger partial charge in [-0.1, -0.05) is 0 Å². The number of ether oxygens (including phenoxy) is 1. The number of methoxy groups -OCH3 is 1. The van der Waals surface area contributed by atoms with Crippen molar-refractivity contribution in [3.05, 3.63) is 23.3 Å². The quantitative estimate of drug-likeness (QED) is 0.564. The molecule has 1 heterocycles. The lowest BCUT2D eigenvalue weighted by Crippen LogP contribution is -3.00. The maximum Gasteiger partial charge on any atom is 0.160 e. The Hall–Kier alpha value is -0.930. The summed E-state index contributed by atoms with van der Waals surface area (Å²) in [6.45, 7) is 3.27. The van der Waals surface area contributed by atoms with Crippen LogP contribution in [0.1, 0.15) is 24.1 Å². The molecule has 1 aromatic carbocycles. The third-order valence-electron chi connectivity index (χ3n) is 2.87. The summed E-state index contributed by atoms with van der Waals surface area (Å²) in [5.74, 6) is 0.825. The molecule has 1 aliphatic heterocycles. The number of fused-ring (bicyclic) bond motifs is 1. The highest BCUT2D eigenvalue weighted by molar-refractivity contribution is 5.47. The molecule has 0 radical (unpaired) electrons. The molecule has 0 fully saturated rings. The Bertz CT molecular complexity index is 355. The molecule has 0 aromatic heterocycles. The number of phenolic OH excluding ortho intramolecular Hbond substituents is 1. The highest BCUT2D eigenvalue weighted by Gasteiger charge is 2.21. The van der Waals surface area contributed by atoms with Crippen LogP contribution in [0, 0.1) is 0 Å². The van der Waals surface area contributed by atoms with Crippen LogP contribution < -0.4 is 22.5 Å². The van der Waals surface area contributed by atoms with E-state index in [2.05, 4.69) is 12.2 Å². The fourth-order valence-corrected chi connectivity index (χ4v) is 2.05. The molecule has 1 unspecified atom stereocenters. The first-order chi connectivity index (χ1) is 6.72. The van der Waals surface area contributed by atoms with E-state index in [0.29, 0.717) is 11.8 Å². The summed E-state index contributed by atoms with van der Waals surface area (Å²) in [6.07, 6.45) is 1.05. The van der Waals surface area contributed by atoms with Crippen molar-refractivity contribution in [2.75, 3.05) is 13.7 Å². The molecule has 3 nitrogen and oxygen atoms in total. The number of benzene rings is 1. The van der Waals surface area contributed by atoms with Gasteiger partial charge in [0.25, 0.3) is 0 Å². The number of nitrogens with two attached hydrogens (primary N) is 1. The first kappa shape index (κ1) is 12.1. The first-order valence-corrected chi connectivity index (χ1v) is 4.95. The minimum Gasteiger partial charge on any atom is -1.00 e. The molecule has 15 heavy (non-hydrogen) atoms. The predicted molar refractivity (Wildman–Crippen MR) is 53.6 cm³/mol. The topological polar surface area (TPSA) is 46.1 Å². The number of hydrogen-bond donors (Lipinski definition) is 2. The zero-order valence-corrected chi connectivity index (χ0v) is 9.71. The third-order valence-corrected chi connectivity index (χ3v) is 2.87. The monoisotopic (exact) mass is 229 g/mol. The molecule has 2 rings (SSSR count). The van der Waals surface area contributed by atoms with Crippen LogP contribution in [0.4, 0.5) is 0 Å². The van der Waals surface area contributed by atoms with Crippen LogP contribution in [-0.4, -0.2) is 18.8 Å². The SMILES string of the molecule is COc1cc2c(cc1O)C(C)[NH2+]CC2.[Cl-]. The molecule has 0 spiro atoms. The van der Waals surface area contributed by atoms with Gasteiger partial charge in [0.15, 0.2) is 11.5 Å². The summed E-state index contributed by atoms with van der Waals surface area (Å²) in [5.41, 5.74) is 2.53. The number of hydrogen-bond acceptors (Lipinski definition) is 2. The number of phenols is 1. The molecule has 3 N–H and O–H groups in total. The summed E-state index contributed by atoms with van der Waals surface area (Å²) < 4.78 is 5.09. The van der Waals surface area contributed by atoms with E-state index in [1.54, 1.807) is 7.11 Å². The molecule has 1 aliphatic rings. The Labute approximate surface area is 95.9 Å². The van der Waals surface area contributed by atoms with Crippen LogP contribution in [0.5, 0.6) is 11.5 Å². The van der Waals surface area contributed by atoms with Gasteiger partial charge in [-0.15, -0.1) is 0 Å². The Morgan fingerprint density at radius 1 is 1.47 bits per heavy atom. The van der Waals surface area contributed by atoms with Crippen molar-refractivity contribution in [1.29, 1.82) is 0 Å². The van der Waals surface area contributed by atoms with Crippen molar-refractivity contribution >= 4 is 0 Å². The molecule has 4 heteroatoms. The maximum absolute atomic E-state index is 9.65. The van der Waals surface area contributed by atoms with E-state index < -0.39 is 0 Å². The van der Waals surface area contributed by atoms with E-state index in [4.69, 9.17) is 4.74 Å². The van der Waals surface area contributed by atoms with E-state index in [9.17, 15) is 5.11 Å². The van der Waals surface area contributed by atoms with E-state index in [0.717, 1.165) is 13.0 Å². The lowest BCUT2D eigenvalue weighted by Gasteiger charge is -2.21. The van der Waals surface area contributed by atoms with E-state index in [-0.39, 0.29) is 18.2 Å². The van der Waals surface area contributed by atoms with Gasteiger partial charge in [0.05, 0.1) is 13.7 Å². The molecule has 1 atom stereocenters. The number of rotatable bonds is 1. The number of quaternary nitrogens is 1. The zero-order chi connectivity index (χ0) is 10.1. The van der Waals surface area contributed by atoms with E-state index >= 15 is 0 Å². The standard InChI is InChI=1S/C11H15NO2.ClH/c1-7-9-6-10(13)11(14-2)5-8(9)3-4-12-7;/h5-7,12-13H,3-4H2,1-2H3;1H. The fourth-order valence-electron chi connectivity index (χ4n) is 2.05. The molecule has 0 saturated carbocycles. The Balaban J connectivity index is 0.00000112. The van der Waals surface area contributed by atoms with Gasteiger partial charge in [-0.2, -0.15) is 0 Å². The second-order valence-electron chi connectivity index (χ2n) is 3.79. The molecule has 0 saturated heterocycles. The van der Waals surface area contributed by atoms with Crippen molar-refractivity contribution in [2.24, 2.45) is 0 Å². The summed E-state index contributed by atoms with van der Waals surface area (Å²) >= 11 is 0. The minimum atomic E-state index is 0. The minimum absolute atomic E-state index is 0. The van der Waals surface area contributed by atoms with Crippen LogP contribution in [-0.2, 0) is 6.42 Å². The first-order valence-electron chi connectivity index (χ1n) is 4.95. The second-order valence-corrected chi connectivity index (χ2v) is 3.79. The van der Waals surface area contributed by atoms with Crippen molar-refractivity contribution in [1.82, 2.24) is 0 Å². The van der Waals surface area contributed by atoms with Crippen LogP contribution >= 0.6 is 0 Å². The van der Waals surface area contributed by atoms with E-state index in [1.165, 1.54) is 11.1 Å².